The molecule has 10 heteroatoms. The Morgan fingerprint density at radius 3 is 2.58 bits per heavy atom. The number of nitrogens with zero attached hydrogens (tertiary/aromatic N) is 3. The molecule has 0 radical (unpaired) electrons. The molecule has 1 aliphatic carbocycles. The van der Waals surface area contributed by atoms with Crippen LogP contribution in [0.25, 0.3) is 0 Å². The molecular formula is C23H24N4O5S. The quantitative estimate of drug-likeness (QED) is 0.649. The van der Waals surface area contributed by atoms with Crippen molar-refractivity contribution < 1.29 is 23.9 Å². The molecule has 0 spiro atoms. The van der Waals surface area contributed by atoms with Gasteiger partial charge in [0.1, 0.15) is 5.03 Å². The summed E-state index contributed by atoms with van der Waals surface area (Å²) in [5, 5.41) is 3.34. The number of nitrogens with one attached hydrogen (secondary N) is 1. The van der Waals surface area contributed by atoms with Gasteiger partial charge < -0.3 is 24.6 Å². The lowest BCUT2D eigenvalue weighted by Gasteiger charge is -2.35. The van der Waals surface area contributed by atoms with Gasteiger partial charge in [-0.25, -0.2) is 4.98 Å². The molecule has 1 N–H and O–H groups in total. The van der Waals surface area contributed by atoms with Crippen LogP contribution >= 0.6 is 11.8 Å². The van der Waals surface area contributed by atoms with E-state index in [1.54, 1.807) is 41.4 Å². The van der Waals surface area contributed by atoms with Crippen LogP contribution in [0, 0.1) is 5.92 Å². The predicted octanol–water partition coefficient (Wildman–Crippen LogP) is 2.24. The number of ether oxygens (including phenoxy) is 2. The number of hydrogen-bond acceptors (Lipinski definition) is 7. The largest absolute Gasteiger partial charge is 0.454 e. The number of pyridine rings is 1. The minimum absolute atomic E-state index is 0.107. The molecule has 2 aromatic rings. The van der Waals surface area contributed by atoms with Crippen molar-refractivity contribution in [2.24, 2.45) is 5.92 Å². The number of rotatable bonds is 6. The summed E-state index contributed by atoms with van der Waals surface area (Å²) in [6.45, 7) is 2.29. The third-order valence-corrected chi connectivity index (χ3v) is 6.81. The Hall–Kier alpha value is -3.27. The van der Waals surface area contributed by atoms with Crippen LogP contribution in [0.15, 0.2) is 41.6 Å². The first kappa shape index (κ1) is 21.6. The average molecular weight is 469 g/mol. The van der Waals surface area contributed by atoms with E-state index in [2.05, 4.69) is 10.3 Å². The SMILES string of the molecule is O=C(CSc1ncccc1C(=O)N1CCN(C(=O)C2CC2)CC1)Nc1ccc2c(c1)OCO2. The summed E-state index contributed by atoms with van der Waals surface area (Å²) in [5.74, 6) is 1.42. The molecular weight excluding hydrogens is 444 g/mol. The summed E-state index contributed by atoms with van der Waals surface area (Å²) in [7, 11) is 0. The van der Waals surface area contributed by atoms with Gasteiger partial charge in [-0.2, -0.15) is 0 Å². The normalized spacial score (nSPS) is 17.1. The van der Waals surface area contributed by atoms with E-state index in [1.165, 1.54) is 11.8 Å². The Labute approximate surface area is 195 Å². The Kier molecular flexibility index (Phi) is 6.08. The van der Waals surface area contributed by atoms with Crippen molar-refractivity contribution in [3.05, 3.63) is 42.1 Å². The summed E-state index contributed by atoms with van der Waals surface area (Å²) in [5.41, 5.74) is 1.08. The van der Waals surface area contributed by atoms with Crippen molar-refractivity contribution in [2.75, 3.05) is 44.0 Å². The smallest absolute Gasteiger partial charge is 0.256 e. The van der Waals surface area contributed by atoms with Crippen LogP contribution in [0.2, 0.25) is 0 Å². The van der Waals surface area contributed by atoms with E-state index in [9.17, 15) is 14.4 Å². The first-order valence-corrected chi connectivity index (χ1v) is 11.9. The fraction of sp³-hybridized carbons (Fsp3) is 0.391. The van der Waals surface area contributed by atoms with Crippen LogP contribution in [0.5, 0.6) is 11.5 Å². The maximum Gasteiger partial charge on any atom is 0.256 e. The number of benzene rings is 1. The van der Waals surface area contributed by atoms with Crippen molar-refractivity contribution >= 4 is 35.2 Å². The molecule has 1 aromatic heterocycles. The molecule has 3 heterocycles. The Morgan fingerprint density at radius 2 is 1.79 bits per heavy atom. The van der Waals surface area contributed by atoms with Crippen molar-refractivity contribution in [1.29, 1.82) is 0 Å². The molecule has 3 amide bonds. The van der Waals surface area contributed by atoms with Crippen molar-refractivity contribution in [3.8, 4) is 11.5 Å². The maximum absolute atomic E-state index is 13.1. The Morgan fingerprint density at radius 1 is 1.03 bits per heavy atom. The van der Waals surface area contributed by atoms with Gasteiger partial charge in [-0.05, 0) is 37.1 Å². The lowest BCUT2D eigenvalue weighted by molar-refractivity contribution is -0.134. The topological polar surface area (TPSA) is 101 Å². The molecule has 0 unspecified atom stereocenters. The molecule has 1 saturated heterocycles. The van der Waals surface area contributed by atoms with Gasteiger partial charge >= 0.3 is 0 Å². The molecule has 0 atom stereocenters. The van der Waals surface area contributed by atoms with Gasteiger partial charge in [-0.3, -0.25) is 14.4 Å². The fourth-order valence-corrected chi connectivity index (χ4v) is 4.65. The molecule has 2 aliphatic heterocycles. The van der Waals surface area contributed by atoms with Crippen LogP contribution in [-0.4, -0.2) is 71.2 Å². The first-order chi connectivity index (χ1) is 16.1. The second-order valence-electron chi connectivity index (χ2n) is 8.15. The van der Waals surface area contributed by atoms with Crippen LogP contribution in [0.1, 0.15) is 23.2 Å². The molecule has 33 heavy (non-hydrogen) atoms. The third kappa shape index (κ3) is 4.90. The highest BCUT2D eigenvalue weighted by molar-refractivity contribution is 8.00. The van der Waals surface area contributed by atoms with Gasteiger partial charge in [0.15, 0.2) is 11.5 Å². The number of carbonyl (C=O) groups excluding carboxylic acids is 3. The molecule has 9 nitrogen and oxygen atoms in total. The zero-order valence-corrected chi connectivity index (χ0v) is 18.8. The number of carbonyl (C=O) groups is 3. The molecule has 172 valence electrons. The molecule has 0 bridgehead atoms. The van der Waals surface area contributed by atoms with Crippen LogP contribution in [0.4, 0.5) is 5.69 Å². The third-order valence-electron chi connectivity index (χ3n) is 5.80. The number of amides is 3. The number of thioether (sulfide) groups is 1. The summed E-state index contributed by atoms with van der Waals surface area (Å²) in [6, 6.07) is 8.66. The highest BCUT2D eigenvalue weighted by Crippen LogP contribution is 2.34. The van der Waals surface area contributed by atoms with Gasteiger partial charge in [-0.15, -0.1) is 0 Å². The van der Waals surface area contributed by atoms with E-state index in [0.717, 1.165) is 12.8 Å². The van der Waals surface area contributed by atoms with E-state index in [4.69, 9.17) is 9.47 Å². The molecule has 2 fully saturated rings. The van der Waals surface area contributed by atoms with Gasteiger partial charge in [0.25, 0.3) is 5.91 Å². The van der Waals surface area contributed by atoms with Crippen LogP contribution in [-0.2, 0) is 9.59 Å². The molecule has 1 saturated carbocycles. The number of piperazine rings is 1. The maximum atomic E-state index is 13.1. The van der Waals surface area contributed by atoms with Crippen molar-refractivity contribution in [3.63, 3.8) is 0 Å². The van der Waals surface area contributed by atoms with E-state index < -0.39 is 0 Å². The van der Waals surface area contributed by atoms with Crippen molar-refractivity contribution in [1.82, 2.24) is 14.8 Å². The summed E-state index contributed by atoms with van der Waals surface area (Å²) < 4.78 is 10.6. The molecule has 5 rings (SSSR count). The Balaban J connectivity index is 1.17. The zero-order chi connectivity index (χ0) is 22.8. The minimum Gasteiger partial charge on any atom is -0.454 e. The predicted molar refractivity (Wildman–Crippen MR) is 121 cm³/mol. The van der Waals surface area contributed by atoms with E-state index in [1.807, 2.05) is 4.90 Å². The van der Waals surface area contributed by atoms with Gasteiger partial charge in [-0.1, -0.05) is 11.8 Å². The number of hydrogen-bond donors (Lipinski definition) is 1. The summed E-state index contributed by atoms with van der Waals surface area (Å²) in [6.07, 6.45) is 3.58. The zero-order valence-electron chi connectivity index (χ0n) is 18.0. The highest BCUT2D eigenvalue weighted by Gasteiger charge is 2.35. The molecule has 3 aliphatic rings. The minimum atomic E-state index is -0.213. The first-order valence-electron chi connectivity index (χ1n) is 10.9. The highest BCUT2D eigenvalue weighted by atomic mass is 32.2. The standard InChI is InChI=1S/C23H24N4O5S/c28-20(25-16-5-6-18-19(12-16)32-14-31-18)13-33-21-17(2-1-7-24-21)23(30)27-10-8-26(9-11-27)22(29)15-3-4-15/h1-2,5-7,12,15H,3-4,8-11,13-14H2,(H,25,28). The number of aromatic nitrogens is 1. The van der Waals surface area contributed by atoms with E-state index in [0.29, 0.717) is 54.0 Å². The van der Waals surface area contributed by atoms with Crippen LogP contribution in [0.3, 0.4) is 0 Å². The van der Waals surface area contributed by atoms with E-state index in [-0.39, 0.29) is 36.2 Å². The second-order valence-corrected chi connectivity index (χ2v) is 9.12. The van der Waals surface area contributed by atoms with Gasteiger partial charge in [0, 0.05) is 50.0 Å². The number of anilines is 1. The van der Waals surface area contributed by atoms with Gasteiger partial charge in [0.2, 0.25) is 18.6 Å². The fourth-order valence-electron chi connectivity index (χ4n) is 3.86. The molecule has 1 aromatic carbocycles. The lowest BCUT2D eigenvalue weighted by atomic mass is 10.2. The van der Waals surface area contributed by atoms with Gasteiger partial charge in [0.05, 0.1) is 11.3 Å². The summed E-state index contributed by atoms with van der Waals surface area (Å²) >= 11 is 1.22. The van der Waals surface area contributed by atoms with Crippen LogP contribution < -0.4 is 14.8 Å². The average Bonchev–Trinajstić information content (AvgIpc) is 3.59. The number of fused-ring (bicyclic) bond motifs is 1. The second kappa shape index (κ2) is 9.30. The summed E-state index contributed by atoms with van der Waals surface area (Å²) in [4.78, 5) is 45.8. The monoisotopic (exact) mass is 468 g/mol. The van der Waals surface area contributed by atoms with Crippen molar-refractivity contribution in [2.45, 2.75) is 17.9 Å². The van der Waals surface area contributed by atoms with E-state index >= 15 is 0 Å². The Bertz CT molecular complexity index is 1080. The lowest BCUT2D eigenvalue weighted by Crippen LogP contribution is -2.51.